The van der Waals surface area contributed by atoms with Crippen LogP contribution in [0.3, 0.4) is 0 Å². The van der Waals surface area contributed by atoms with E-state index in [0.717, 1.165) is 28.8 Å². The summed E-state index contributed by atoms with van der Waals surface area (Å²) in [7, 11) is -2.02. The normalized spacial score (nSPS) is 18.9. The second kappa shape index (κ2) is 11.7. The number of sulfone groups is 1. The van der Waals surface area contributed by atoms with Crippen LogP contribution in [-0.2, 0) is 9.84 Å². The molecule has 0 bridgehead atoms. The third-order valence-electron chi connectivity index (χ3n) is 5.93. The van der Waals surface area contributed by atoms with E-state index >= 15 is 0 Å². The first kappa shape index (κ1) is 26.7. The number of allylic oxidation sites excluding steroid dienone is 1. The first-order chi connectivity index (χ1) is 16.2. The van der Waals surface area contributed by atoms with Crippen molar-refractivity contribution in [1.29, 1.82) is 0 Å². The van der Waals surface area contributed by atoms with Crippen molar-refractivity contribution in [3.05, 3.63) is 62.5 Å². The Kier molecular flexibility index (Phi) is 9.14. The highest BCUT2D eigenvalue weighted by Gasteiger charge is 2.40. The van der Waals surface area contributed by atoms with Gasteiger partial charge >= 0.3 is 0 Å². The largest absolute Gasteiger partial charge is 0.504 e. The van der Waals surface area contributed by atoms with Crippen LogP contribution in [0.2, 0.25) is 0 Å². The molecule has 0 unspecified atom stereocenters. The summed E-state index contributed by atoms with van der Waals surface area (Å²) in [5.41, 5.74) is 3.55. The number of rotatable bonds is 10. The molecule has 9 heteroatoms. The van der Waals surface area contributed by atoms with Gasteiger partial charge in [0.1, 0.15) is 5.25 Å². The van der Waals surface area contributed by atoms with Gasteiger partial charge in [-0.05, 0) is 88.9 Å². The van der Waals surface area contributed by atoms with Crippen molar-refractivity contribution < 1.29 is 28.5 Å². The van der Waals surface area contributed by atoms with Crippen LogP contribution in [0.5, 0.6) is 11.5 Å². The zero-order valence-corrected chi connectivity index (χ0v) is 22.2. The van der Waals surface area contributed by atoms with Gasteiger partial charge in [-0.25, -0.2) is 8.42 Å². The molecular formula is C25H30INO6S. The number of halogens is 1. The number of hydrogen-bond acceptors (Lipinski definition) is 7. The van der Waals surface area contributed by atoms with Crippen LogP contribution in [0.25, 0.3) is 11.6 Å². The van der Waals surface area contributed by atoms with Crippen LogP contribution < -0.4 is 4.74 Å². The maximum absolute atomic E-state index is 12.5. The number of phenolic OH excluding ortho intramolecular Hbond substituents is 1. The molecule has 0 amide bonds. The van der Waals surface area contributed by atoms with Gasteiger partial charge in [0.2, 0.25) is 0 Å². The van der Waals surface area contributed by atoms with E-state index in [1.807, 2.05) is 59.9 Å². The lowest BCUT2D eigenvalue weighted by Crippen LogP contribution is -2.29. The monoisotopic (exact) mass is 599 g/mol. The number of aliphatic hydroxyl groups excluding tert-OH is 2. The lowest BCUT2D eigenvalue weighted by molar-refractivity contribution is 0.190. The van der Waals surface area contributed by atoms with Crippen molar-refractivity contribution in [2.45, 2.75) is 44.0 Å². The van der Waals surface area contributed by atoms with Crippen molar-refractivity contribution >= 4 is 44.1 Å². The van der Waals surface area contributed by atoms with Gasteiger partial charge < -0.3 is 20.1 Å². The van der Waals surface area contributed by atoms with Gasteiger partial charge in [-0.3, -0.25) is 4.98 Å². The van der Waals surface area contributed by atoms with E-state index in [4.69, 9.17) is 4.74 Å². The summed E-state index contributed by atoms with van der Waals surface area (Å²) in [6, 6.07) is 9.12. The molecule has 0 saturated heterocycles. The fourth-order valence-corrected chi connectivity index (χ4v) is 6.90. The number of hydrogen-bond donors (Lipinski definition) is 3. The summed E-state index contributed by atoms with van der Waals surface area (Å²) >= 11 is 2.04. The van der Waals surface area contributed by atoms with Crippen LogP contribution in [0.15, 0.2) is 47.7 Å². The molecule has 2 atom stereocenters. The third-order valence-corrected chi connectivity index (χ3v) is 8.78. The van der Waals surface area contributed by atoms with E-state index in [9.17, 15) is 23.7 Å². The number of ether oxygens (including phenoxy) is 1. The number of aromatic nitrogens is 1. The van der Waals surface area contributed by atoms with Gasteiger partial charge in [0.25, 0.3) is 0 Å². The first-order valence-corrected chi connectivity index (χ1v) is 13.9. The average molecular weight is 599 g/mol. The van der Waals surface area contributed by atoms with Crippen molar-refractivity contribution in [2.24, 2.45) is 0 Å². The van der Waals surface area contributed by atoms with Crippen LogP contribution >= 0.6 is 22.6 Å². The predicted octanol–water partition coefficient (Wildman–Crippen LogP) is 3.97. The summed E-state index contributed by atoms with van der Waals surface area (Å²) in [6.07, 6.45) is 4.68. The summed E-state index contributed by atoms with van der Waals surface area (Å²) in [6.45, 7) is 1.43. The molecule has 1 aromatic carbocycles. The highest BCUT2D eigenvalue weighted by Crippen LogP contribution is 2.36. The number of phenols is 1. The number of nitrogens with zero attached hydrogens (tertiary/aromatic N) is 1. The third kappa shape index (κ3) is 5.99. The van der Waals surface area contributed by atoms with Gasteiger partial charge in [0, 0.05) is 6.20 Å². The second-order valence-corrected chi connectivity index (χ2v) is 11.6. The molecule has 3 N–H and O–H groups in total. The Morgan fingerprint density at radius 3 is 2.74 bits per heavy atom. The summed E-state index contributed by atoms with van der Waals surface area (Å²) in [5, 5.41) is 30.0. The van der Waals surface area contributed by atoms with Crippen molar-refractivity contribution in [3.8, 4) is 11.5 Å². The molecule has 34 heavy (non-hydrogen) atoms. The van der Waals surface area contributed by atoms with Crippen LogP contribution in [-0.4, -0.2) is 59.5 Å². The average Bonchev–Trinajstić information content (AvgIpc) is 3.08. The van der Waals surface area contributed by atoms with E-state index in [1.165, 1.54) is 7.11 Å². The quantitative estimate of drug-likeness (QED) is 0.280. The lowest BCUT2D eigenvalue weighted by atomic mass is 9.92. The van der Waals surface area contributed by atoms with E-state index in [0.29, 0.717) is 27.7 Å². The first-order valence-electron chi connectivity index (χ1n) is 11.1. The minimum atomic E-state index is -3.51. The van der Waals surface area contributed by atoms with Crippen molar-refractivity contribution in [2.75, 3.05) is 19.5 Å². The molecule has 1 aromatic heterocycles. The molecule has 2 heterocycles. The highest BCUT2D eigenvalue weighted by molar-refractivity contribution is 14.1. The topological polar surface area (TPSA) is 117 Å². The van der Waals surface area contributed by atoms with Gasteiger partial charge in [0.15, 0.2) is 21.3 Å². The number of pyridine rings is 1. The molecule has 1 aliphatic rings. The minimum Gasteiger partial charge on any atom is -0.504 e. The maximum Gasteiger partial charge on any atom is 0.171 e. The van der Waals surface area contributed by atoms with Crippen molar-refractivity contribution in [3.63, 3.8) is 0 Å². The Balaban J connectivity index is 1.94. The molecule has 184 valence electrons. The molecule has 1 aliphatic heterocycles. The van der Waals surface area contributed by atoms with Crippen LogP contribution in [0.1, 0.15) is 43.9 Å². The fourth-order valence-electron chi connectivity index (χ4n) is 4.34. The second-order valence-electron chi connectivity index (χ2n) is 8.28. The summed E-state index contributed by atoms with van der Waals surface area (Å²) in [5.74, 6) is 0.324. The predicted molar refractivity (Wildman–Crippen MR) is 141 cm³/mol. The SMILES string of the molecule is CCCC1=C([C@H](O)CC/C(=C/c2cc(I)c(O)c(OC)c2)c2ccccn2)[C@H](CO)S(=O)(=O)C1. The summed E-state index contributed by atoms with van der Waals surface area (Å²) in [4.78, 5) is 4.45. The fraction of sp³-hybridized carbons (Fsp3) is 0.400. The molecule has 2 aromatic rings. The van der Waals surface area contributed by atoms with Gasteiger partial charge in [-0.1, -0.05) is 25.0 Å². The molecule has 7 nitrogen and oxygen atoms in total. The van der Waals surface area contributed by atoms with Gasteiger partial charge in [-0.2, -0.15) is 0 Å². The number of aliphatic hydroxyl groups is 2. The smallest absolute Gasteiger partial charge is 0.171 e. The molecule has 0 radical (unpaired) electrons. The Labute approximate surface area is 214 Å². The molecular weight excluding hydrogens is 569 g/mol. The number of aromatic hydroxyl groups is 1. The highest BCUT2D eigenvalue weighted by atomic mass is 127. The van der Waals surface area contributed by atoms with E-state index in [-0.39, 0.29) is 17.9 Å². The standard InChI is InChI=1S/C25H30INO6S/c1-3-6-18-15-34(31,32)23(14-28)24(18)21(29)9-8-17(20-7-4-5-10-27-20)11-16-12-19(26)25(30)22(13-16)33-2/h4-5,7,10-13,21,23,28-30H,3,6,8-9,14-15H2,1-2H3/b17-11-/t21-,23+/m1/s1. The minimum absolute atomic E-state index is 0.0722. The Bertz CT molecular complexity index is 1180. The zero-order valence-electron chi connectivity index (χ0n) is 19.2. The van der Waals surface area contributed by atoms with Crippen LogP contribution in [0.4, 0.5) is 0 Å². The number of benzene rings is 1. The zero-order chi connectivity index (χ0) is 24.9. The maximum atomic E-state index is 12.5. The van der Waals surface area contributed by atoms with Gasteiger partial charge in [0.05, 0.1) is 34.8 Å². The molecule has 0 aliphatic carbocycles. The van der Waals surface area contributed by atoms with E-state index in [1.54, 1.807) is 12.3 Å². The Morgan fingerprint density at radius 2 is 2.12 bits per heavy atom. The van der Waals surface area contributed by atoms with Gasteiger partial charge in [-0.15, -0.1) is 0 Å². The molecule has 0 fully saturated rings. The van der Waals surface area contributed by atoms with E-state index < -0.39 is 27.8 Å². The number of methoxy groups -OCH3 is 1. The molecule has 0 saturated carbocycles. The van der Waals surface area contributed by atoms with Crippen LogP contribution in [0, 0.1) is 3.57 Å². The van der Waals surface area contributed by atoms with E-state index in [2.05, 4.69) is 4.98 Å². The molecule has 3 rings (SSSR count). The molecule has 0 spiro atoms. The van der Waals surface area contributed by atoms with Crippen molar-refractivity contribution in [1.82, 2.24) is 4.98 Å². The summed E-state index contributed by atoms with van der Waals surface area (Å²) < 4.78 is 31.0. The Morgan fingerprint density at radius 1 is 1.35 bits per heavy atom. The Hall–Kier alpha value is -1.95. The lowest BCUT2D eigenvalue weighted by Gasteiger charge is -2.20.